The Morgan fingerprint density at radius 2 is 2.00 bits per heavy atom. The Kier molecular flexibility index (Phi) is 2.75. The van der Waals surface area contributed by atoms with Crippen molar-refractivity contribution in [1.29, 1.82) is 0 Å². The molecule has 0 atom stereocenters. The average Bonchev–Trinajstić information content (AvgIpc) is 2.80. The Morgan fingerprint density at radius 1 is 1.21 bits per heavy atom. The smallest absolute Gasteiger partial charge is 0.157 e. The van der Waals surface area contributed by atoms with Gasteiger partial charge < -0.3 is 0 Å². The molecule has 96 valence electrons. The Hall–Kier alpha value is -1.94. The van der Waals surface area contributed by atoms with Gasteiger partial charge in [0, 0.05) is 22.9 Å². The third-order valence-electron chi connectivity index (χ3n) is 3.13. The molecule has 0 aliphatic heterocycles. The summed E-state index contributed by atoms with van der Waals surface area (Å²) >= 11 is 6.25. The highest BCUT2D eigenvalue weighted by Gasteiger charge is 2.11. The normalized spacial score (nSPS) is 11.2. The maximum absolute atomic E-state index is 13.2. The molecule has 0 saturated carbocycles. The van der Waals surface area contributed by atoms with Crippen molar-refractivity contribution in [2.24, 2.45) is 0 Å². The lowest BCUT2D eigenvalue weighted by Gasteiger charge is -2.03. The van der Waals surface area contributed by atoms with Gasteiger partial charge in [-0.3, -0.25) is 0 Å². The van der Waals surface area contributed by atoms with Gasteiger partial charge in [-0.1, -0.05) is 23.7 Å². The lowest BCUT2D eigenvalue weighted by atomic mass is 10.1. The highest BCUT2D eigenvalue weighted by Crippen LogP contribution is 2.24. The van der Waals surface area contributed by atoms with Crippen molar-refractivity contribution >= 4 is 17.2 Å². The highest BCUT2D eigenvalue weighted by atomic mass is 35.5. The molecule has 2 heterocycles. The number of aryl methyl sites for hydroxylation is 1. The van der Waals surface area contributed by atoms with Crippen LogP contribution in [0, 0.1) is 19.7 Å². The number of aromatic nitrogens is 3. The molecule has 1 aromatic carbocycles. The first-order valence-corrected chi connectivity index (χ1v) is 6.22. The maximum Gasteiger partial charge on any atom is 0.157 e. The van der Waals surface area contributed by atoms with E-state index in [4.69, 9.17) is 11.6 Å². The molecule has 3 rings (SSSR count). The topological polar surface area (TPSA) is 30.2 Å². The van der Waals surface area contributed by atoms with Crippen molar-refractivity contribution in [3.8, 4) is 11.3 Å². The Morgan fingerprint density at radius 3 is 2.74 bits per heavy atom. The van der Waals surface area contributed by atoms with Crippen LogP contribution in [0.3, 0.4) is 0 Å². The van der Waals surface area contributed by atoms with Crippen LogP contribution in [0.1, 0.15) is 11.3 Å². The molecule has 2 aromatic heterocycles. The van der Waals surface area contributed by atoms with E-state index in [1.807, 2.05) is 13.8 Å². The van der Waals surface area contributed by atoms with Crippen LogP contribution >= 0.6 is 11.6 Å². The summed E-state index contributed by atoms with van der Waals surface area (Å²) in [6, 6.07) is 8.10. The fourth-order valence-corrected chi connectivity index (χ4v) is 2.21. The summed E-state index contributed by atoms with van der Waals surface area (Å²) in [5.41, 5.74) is 3.77. The van der Waals surface area contributed by atoms with E-state index in [1.54, 1.807) is 22.7 Å². The zero-order valence-corrected chi connectivity index (χ0v) is 11.2. The summed E-state index contributed by atoms with van der Waals surface area (Å²) in [5.74, 6) is -0.291. The molecule has 3 aromatic rings. The fourth-order valence-electron chi connectivity index (χ4n) is 1.95. The van der Waals surface area contributed by atoms with Crippen LogP contribution in [0.2, 0.25) is 5.15 Å². The summed E-state index contributed by atoms with van der Waals surface area (Å²) in [5, 5.41) is 4.91. The first-order chi connectivity index (χ1) is 9.06. The quantitative estimate of drug-likeness (QED) is 0.632. The van der Waals surface area contributed by atoms with Gasteiger partial charge in [0.25, 0.3) is 0 Å². The summed E-state index contributed by atoms with van der Waals surface area (Å²) < 4.78 is 14.8. The van der Waals surface area contributed by atoms with Gasteiger partial charge in [-0.2, -0.15) is 5.10 Å². The second-order valence-corrected chi connectivity index (χ2v) is 4.78. The van der Waals surface area contributed by atoms with E-state index in [-0.39, 0.29) is 5.82 Å². The van der Waals surface area contributed by atoms with Crippen LogP contribution in [0.5, 0.6) is 0 Å². The summed E-state index contributed by atoms with van der Waals surface area (Å²) in [4.78, 5) is 4.43. The number of rotatable bonds is 1. The van der Waals surface area contributed by atoms with Gasteiger partial charge in [0.2, 0.25) is 0 Å². The molecule has 5 heteroatoms. The molecule has 0 aliphatic rings. The first-order valence-electron chi connectivity index (χ1n) is 5.84. The van der Waals surface area contributed by atoms with Crippen LogP contribution in [0.4, 0.5) is 4.39 Å². The van der Waals surface area contributed by atoms with Gasteiger partial charge in [-0.25, -0.2) is 13.9 Å². The Labute approximate surface area is 114 Å². The molecule has 0 fully saturated rings. The molecule has 19 heavy (non-hydrogen) atoms. The number of halogens is 2. The lowest BCUT2D eigenvalue weighted by Crippen LogP contribution is -1.98. The van der Waals surface area contributed by atoms with E-state index in [9.17, 15) is 4.39 Å². The van der Waals surface area contributed by atoms with Crippen LogP contribution in [-0.4, -0.2) is 14.6 Å². The maximum atomic E-state index is 13.2. The van der Waals surface area contributed by atoms with Crippen LogP contribution in [0.25, 0.3) is 16.9 Å². The van der Waals surface area contributed by atoms with Crippen LogP contribution in [0.15, 0.2) is 30.3 Å². The molecule has 0 amide bonds. The largest absolute Gasteiger partial charge is 0.233 e. The minimum absolute atomic E-state index is 0.291. The standard InChI is InChI=1S/C14H11ClFN3/c1-8-9(2)17-13-7-12(18-19(13)14(8)15)10-4-3-5-11(16)6-10/h3-7H,1-2H3. The zero-order valence-electron chi connectivity index (χ0n) is 10.5. The number of hydrogen-bond acceptors (Lipinski definition) is 2. The van der Waals surface area contributed by atoms with Crippen LogP contribution in [-0.2, 0) is 0 Å². The molecule has 0 radical (unpaired) electrons. The minimum atomic E-state index is -0.291. The van der Waals surface area contributed by atoms with E-state index in [0.29, 0.717) is 22.1 Å². The molecule has 0 N–H and O–H groups in total. The molecule has 0 saturated heterocycles. The predicted octanol–water partition coefficient (Wildman–Crippen LogP) is 3.81. The molecule has 0 aliphatic carbocycles. The van der Waals surface area contributed by atoms with Crippen molar-refractivity contribution < 1.29 is 4.39 Å². The summed E-state index contributed by atoms with van der Waals surface area (Å²) in [6.45, 7) is 3.80. The molecular formula is C14H11ClFN3. The van der Waals surface area contributed by atoms with Crippen molar-refractivity contribution in [3.63, 3.8) is 0 Å². The molecular weight excluding hydrogens is 265 g/mol. The van der Waals surface area contributed by atoms with E-state index < -0.39 is 0 Å². The van der Waals surface area contributed by atoms with Gasteiger partial charge >= 0.3 is 0 Å². The third-order valence-corrected chi connectivity index (χ3v) is 3.57. The Bertz CT molecular complexity index is 780. The third kappa shape index (κ3) is 1.98. The van der Waals surface area contributed by atoms with E-state index >= 15 is 0 Å². The number of nitrogens with zero attached hydrogens (tertiary/aromatic N) is 3. The second kappa shape index (κ2) is 4.31. The number of hydrogen-bond donors (Lipinski definition) is 0. The molecule has 0 unspecified atom stereocenters. The highest BCUT2D eigenvalue weighted by molar-refractivity contribution is 6.30. The lowest BCUT2D eigenvalue weighted by molar-refractivity contribution is 0.628. The average molecular weight is 276 g/mol. The molecule has 0 spiro atoms. The molecule has 3 nitrogen and oxygen atoms in total. The van der Waals surface area contributed by atoms with Crippen molar-refractivity contribution in [2.75, 3.05) is 0 Å². The van der Waals surface area contributed by atoms with Crippen molar-refractivity contribution in [3.05, 3.63) is 52.6 Å². The van der Waals surface area contributed by atoms with Gasteiger partial charge in [0.15, 0.2) is 5.65 Å². The van der Waals surface area contributed by atoms with Gasteiger partial charge in [-0.05, 0) is 26.0 Å². The van der Waals surface area contributed by atoms with E-state index in [2.05, 4.69) is 10.1 Å². The zero-order chi connectivity index (χ0) is 13.6. The minimum Gasteiger partial charge on any atom is -0.233 e. The monoisotopic (exact) mass is 275 g/mol. The fraction of sp³-hybridized carbons (Fsp3) is 0.143. The summed E-state index contributed by atoms with van der Waals surface area (Å²) in [7, 11) is 0. The SMILES string of the molecule is Cc1nc2cc(-c3cccc(F)c3)nn2c(Cl)c1C. The summed E-state index contributed by atoms with van der Waals surface area (Å²) in [6.07, 6.45) is 0. The first kappa shape index (κ1) is 12.1. The van der Waals surface area contributed by atoms with Gasteiger partial charge in [-0.15, -0.1) is 0 Å². The Balaban J connectivity index is 2.25. The van der Waals surface area contributed by atoms with Crippen molar-refractivity contribution in [2.45, 2.75) is 13.8 Å². The number of fused-ring (bicyclic) bond motifs is 1. The van der Waals surface area contributed by atoms with Gasteiger partial charge in [0.05, 0.1) is 5.69 Å². The van der Waals surface area contributed by atoms with E-state index in [1.165, 1.54) is 12.1 Å². The molecule has 0 bridgehead atoms. The van der Waals surface area contributed by atoms with Crippen LogP contribution < -0.4 is 0 Å². The number of benzene rings is 1. The van der Waals surface area contributed by atoms with Gasteiger partial charge in [0.1, 0.15) is 11.0 Å². The second-order valence-electron chi connectivity index (χ2n) is 4.42. The predicted molar refractivity (Wildman–Crippen MR) is 72.9 cm³/mol. The van der Waals surface area contributed by atoms with E-state index in [0.717, 1.165) is 11.3 Å². The van der Waals surface area contributed by atoms with Crippen molar-refractivity contribution in [1.82, 2.24) is 14.6 Å².